The van der Waals surface area contributed by atoms with Crippen LogP contribution in [0.1, 0.15) is 29.6 Å². The molecule has 6 nitrogen and oxygen atoms in total. The van der Waals surface area contributed by atoms with E-state index in [0.29, 0.717) is 17.4 Å². The molecule has 3 aromatic rings. The van der Waals surface area contributed by atoms with Gasteiger partial charge in [0.25, 0.3) is 11.7 Å². The van der Waals surface area contributed by atoms with E-state index in [0.717, 1.165) is 24.0 Å². The second-order valence-corrected chi connectivity index (χ2v) is 5.56. The lowest BCUT2D eigenvalue weighted by atomic mass is 9.93. The number of aromatic nitrogens is 4. The molecule has 1 N–H and O–H groups in total. The fraction of sp³-hybridized carbons (Fsp3) is 0.250. The van der Waals surface area contributed by atoms with Crippen molar-refractivity contribution >= 4 is 11.7 Å². The first kappa shape index (κ1) is 12.9. The van der Waals surface area contributed by atoms with Gasteiger partial charge in [0.15, 0.2) is 0 Å². The molecule has 2 heterocycles. The van der Waals surface area contributed by atoms with Gasteiger partial charge >= 0.3 is 0 Å². The van der Waals surface area contributed by atoms with Crippen LogP contribution in [-0.2, 0) is 0 Å². The zero-order valence-electron chi connectivity index (χ0n) is 11.9. The second kappa shape index (κ2) is 5.22. The molecule has 110 valence electrons. The van der Waals surface area contributed by atoms with Gasteiger partial charge in [-0.1, -0.05) is 12.1 Å². The molecular formula is C16H15N5O. The smallest absolute Gasteiger partial charge is 0.254 e. The molecule has 0 aliphatic heterocycles. The minimum atomic E-state index is 0.00337. The van der Waals surface area contributed by atoms with E-state index < -0.39 is 0 Å². The van der Waals surface area contributed by atoms with E-state index in [9.17, 15) is 4.79 Å². The summed E-state index contributed by atoms with van der Waals surface area (Å²) < 4.78 is 1.77. The third-order valence-electron chi connectivity index (χ3n) is 4.07. The zero-order valence-corrected chi connectivity index (χ0v) is 11.9. The maximum Gasteiger partial charge on any atom is 0.254 e. The quantitative estimate of drug-likeness (QED) is 0.802. The van der Waals surface area contributed by atoms with Crippen molar-refractivity contribution in [2.45, 2.75) is 25.3 Å². The minimum absolute atomic E-state index is 0.00337. The van der Waals surface area contributed by atoms with Gasteiger partial charge in [-0.25, -0.2) is 4.98 Å². The van der Waals surface area contributed by atoms with Crippen molar-refractivity contribution in [3.63, 3.8) is 0 Å². The summed E-state index contributed by atoms with van der Waals surface area (Å²) in [6, 6.07) is 7.91. The molecule has 1 aliphatic carbocycles. The van der Waals surface area contributed by atoms with Crippen molar-refractivity contribution in [1.82, 2.24) is 24.9 Å². The molecule has 0 bridgehead atoms. The number of amides is 1. The number of fused-ring (bicyclic) bond motifs is 1. The highest BCUT2D eigenvalue weighted by atomic mass is 16.1. The molecule has 1 fully saturated rings. The third-order valence-corrected chi connectivity index (χ3v) is 4.07. The first-order chi connectivity index (χ1) is 10.8. The van der Waals surface area contributed by atoms with Gasteiger partial charge in [-0.2, -0.15) is 0 Å². The van der Waals surface area contributed by atoms with E-state index in [1.54, 1.807) is 16.9 Å². The Bertz CT molecular complexity index is 820. The van der Waals surface area contributed by atoms with Crippen LogP contribution < -0.4 is 5.32 Å². The largest absolute Gasteiger partial charge is 0.349 e. The molecule has 1 aromatic carbocycles. The summed E-state index contributed by atoms with van der Waals surface area (Å²) >= 11 is 0. The molecule has 22 heavy (non-hydrogen) atoms. The normalized spacial score (nSPS) is 14.7. The fourth-order valence-electron chi connectivity index (χ4n) is 2.51. The van der Waals surface area contributed by atoms with Crippen molar-refractivity contribution in [2.75, 3.05) is 0 Å². The highest BCUT2D eigenvalue weighted by Crippen LogP contribution is 2.21. The molecule has 0 unspecified atom stereocenters. The number of benzene rings is 1. The average molecular weight is 293 g/mol. The van der Waals surface area contributed by atoms with Crippen LogP contribution in [-0.4, -0.2) is 31.5 Å². The van der Waals surface area contributed by atoms with E-state index in [1.807, 2.05) is 30.5 Å². The molecule has 1 amide bonds. The zero-order chi connectivity index (χ0) is 14.9. The van der Waals surface area contributed by atoms with Crippen molar-refractivity contribution in [1.29, 1.82) is 0 Å². The number of hydrogen-bond donors (Lipinski definition) is 1. The molecule has 1 saturated carbocycles. The topological polar surface area (TPSA) is 72.2 Å². The standard InChI is InChI=1S/C16H15N5O/c22-15(19-14-2-1-3-14)12-6-4-11(5-7-12)13-8-17-16-20-18-10-21(16)9-13/h4-10,14H,1-3H2,(H,19,22). The first-order valence-electron chi connectivity index (χ1n) is 7.36. The number of hydrogen-bond acceptors (Lipinski definition) is 4. The van der Waals surface area contributed by atoms with Gasteiger partial charge in [0, 0.05) is 29.6 Å². The SMILES string of the molecule is O=C(NC1CCC1)c1ccc(-c2cnc3nncn3c2)cc1. The average Bonchev–Trinajstić information content (AvgIpc) is 2.98. The summed E-state index contributed by atoms with van der Waals surface area (Å²) in [4.78, 5) is 16.3. The van der Waals surface area contributed by atoms with Crippen LogP contribution in [0.15, 0.2) is 43.0 Å². The van der Waals surface area contributed by atoms with Crippen LogP contribution >= 0.6 is 0 Å². The summed E-state index contributed by atoms with van der Waals surface area (Å²) in [6.45, 7) is 0. The summed E-state index contributed by atoms with van der Waals surface area (Å²) in [6.07, 6.45) is 8.69. The molecule has 0 spiro atoms. The van der Waals surface area contributed by atoms with Crippen LogP contribution in [0.3, 0.4) is 0 Å². The van der Waals surface area contributed by atoms with Gasteiger partial charge in [-0.05, 0) is 37.0 Å². The maximum atomic E-state index is 12.1. The first-order valence-corrected chi connectivity index (χ1v) is 7.36. The van der Waals surface area contributed by atoms with Crippen molar-refractivity contribution in [2.24, 2.45) is 0 Å². The molecule has 1 aliphatic rings. The van der Waals surface area contributed by atoms with Gasteiger partial charge < -0.3 is 5.32 Å². The van der Waals surface area contributed by atoms with Gasteiger partial charge in [-0.15, -0.1) is 10.2 Å². The van der Waals surface area contributed by atoms with Gasteiger partial charge in [0.2, 0.25) is 0 Å². The molecule has 0 saturated heterocycles. The van der Waals surface area contributed by atoms with Crippen molar-refractivity contribution < 1.29 is 4.79 Å². The monoisotopic (exact) mass is 293 g/mol. The van der Waals surface area contributed by atoms with Gasteiger partial charge in [0.05, 0.1) is 0 Å². The number of nitrogens with one attached hydrogen (secondary N) is 1. The molecule has 2 aromatic heterocycles. The number of nitrogens with zero attached hydrogens (tertiary/aromatic N) is 4. The van der Waals surface area contributed by atoms with Crippen LogP contribution in [0.5, 0.6) is 0 Å². The molecule has 4 rings (SSSR count). The fourth-order valence-corrected chi connectivity index (χ4v) is 2.51. The lowest BCUT2D eigenvalue weighted by molar-refractivity contribution is 0.0917. The Kier molecular flexibility index (Phi) is 3.07. The highest BCUT2D eigenvalue weighted by molar-refractivity contribution is 5.94. The summed E-state index contributed by atoms with van der Waals surface area (Å²) in [7, 11) is 0. The van der Waals surface area contributed by atoms with E-state index in [4.69, 9.17) is 0 Å². The molecule has 6 heteroatoms. The minimum Gasteiger partial charge on any atom is -0.349 e. The molecule has 0 radical (unpaired) electrons. The predicted molar refractivity (Wildman–Crippen MR) is 81.3 cm³/mol. The maximum absolute atomic E-state index is 12.1. The van der Waals surface area contributed by atoms with Crippen LogP contribution in [0.4, 0.5) is 0 Å². The number of carbonyl (C=O) groups is 1. The van der Waals surface area contributed by atoms with Gasteiger partial charge in [-0.3, -0.25) is 9.20 Å². The van der Waals surface area contributed by atoms with E-state index in [-0.39, 0.29) is 5.91 Å². The second-order valence-electron chi connectivity index (χ2n) is 5.56. The van der Waals surface area contributed by atoms with E-state index >= 15 is 0 Å². The Morgan fingerprint density at radius 3 is 2.73 bits per heavy atom. The summed E-state index contributed by atoms with van der Waals surface area (Å²) in [5, 5.41) is 10.7. The number of carbonyl (C=O) groups excluding carboxylic acids is 1. The predicted octanol–water partition coefficient (Wildman–Crippen LogP) is 2.07. The Morgan fingerprint density at radius 2 is 2.00 bits per heavy atom. The van der Waals surface area contributed by atoms with E-state index in [2.05, 4.69) is 20.5 Å². The summed E-state index contributed by atoms with van der Waals surface area (Å²) in [5.41, 5.74) is 2.65. The van der Waals surface area contributed by atoms with Crippen LogP contribution in [0, 0.1) is 0 Å². The van der Waals surface area contributed by atoms with Crippen LogP contribution in [0.2, 0.25) is 0 Å². The molecular weight excluding hydrogens is 278 g/mol. The number of rotatable bonds is 3. The van der Waals surface area contributed by atoms with Crippen molar-refractivity contribution in [3.05, 3.63) is 48.5 Å². The molecule has 0 atom stereocenters. The highest BCUT2D eigenvalue weighted by Gasteiger charge is 2.19. The Labute approximate surface area is 127 Å². The lowest BCUT2D eigenvalue weighted by Crippen LogP contribution is -2.39. The Morgan fingerprint density at radius 1 is 1.18 bits per heavy atom. The Hall–Kier alpha value is -2.76. The summed E-state index contributed by atoms with van der Waals surface area (Å²) in [5.74, 6) is 0.573. The van der Waals surface area contributed by atoms with Crippen molar-refractivity contribution in [3.8, 4) is 11.1 Å². The van der Waals surface area contributed by atoms with Crippen LogP contribution in [0.25, 0.3) is 16.9 Å². The third kappa shape index (κ3) is 2.32. The lowest BCUT2D eigenvalue weighted by Gasteiger charge is -2.26. The van der Waals surface area contributed by atoms with E-state index in [1.165, 1.54) is 6.42 Å². The Balaban J connectivity index is 1.56. The van der Waals surface area contributed by atoms with Gasteiger partial charge in [0.1, 0.15) is 6.33 Å².